The maximum absolute atomic E-state index is 5.92. The molecule has 2 fully saturated rings. The van der Waals surface area contributed by atoms with Crippen molar-refractivity contribution in [3.8, 4) is 17.2 Å². The zero-order valence-corrected chi connectivity index (χ0v) is 16.0. The predicted molar refractivity (Wildman–Crippen MR) is 100 cm³/mol. The molecular weight excluding hydrogens is 334 g/mol. The highest BCUT2D eigenvalue weighted by Gasteiger charge is 2.41. The largest absolute Gasteiger partial charge is 0.493 e. The standard InChI is InChI=1S/C19H29N3O4/c1-5-20-19(22-14-10-13-7-9-15(14)26-13)21-11-12-6-8-16(23-2)18(25-4)17(12)24-3/h6,8,13-15H,5,7,9-11H2,1-4H3,(H2,20,21,22). The summed E-state index contributed by atoms with van der Waals surface area (Å²) in [4.78, 5) is 4.73. The summed E-state index contributed by atoms with van der Waals surface area (Å²) < 4.78 is 22.2. The highest BCUT2D eigenvalue weighted by Crippen LogP contribution is 2.40. The summed E-state index contributed by atoms with van der Waals surface area (Å²) in [6.45, 7) is 3.34. The molecule has 2 aliphatic rings. The third-order valence-corrected chi connectivity index (χ3v) is 4.97. The van der Waals surface area contributed by atoms with Gasteiger partial charge in [-0.1, -0.05) is 0 Å². The number of ether oxygens (including phenoxy) is 4. The van der Waals surface area contributed by atoms with E-state index in [0.717, 1.165) is 30.9 Å². The van der Waals surface area contributed by atoms with E-state index in [2.05, 4.69) is 17.6 Å². The number of nitrogens with one attached hydrogen (secondary N) is 2. The Hall–Kier alpha value is -2.15. The fourth-order valence-corrected chi connectivity index (χ4v) is 3.74. The van der Waals surface area contributed by atoms with Gasteiger partial charge in [0.25, 0.3) is 0 Å². The Morgan fingerprint density at radius 3 is 2.54 bits per heavy atom. The monoisotopic (exact) mass is 363 g/mol. The van der Waals surface area contributed by atoms with Crippen molar-refractivity contribution in [2.45, 2.75) is 51.0 Å². The summed E-state index contributed by atoms with van der Waals surface area (Å²) in [5.41, 5.74) is 0.937. The van der Waals surface area contributed by atoms with Gasteiger partial charge in [-0.2, -0.15) is 0 Å². The number of nitrogens with zero attached hydrogens (tertiary/aromatic N) is 1. The Balaban J connectivity index is 1.75. The van der Waals surface area contributed by atoms with E-state index in [4.69, 9.17) is 23.9 Å². The fraction of sp³-hybridized carbons (Fsp3) is 0.632. The summed E-state index contributed by atoms with van der Waals surface area (Å²) in [5, 5.41) is 6.84. The lowest BCUT2D eigenvalue weighted by molar-refractivity contribution is 0.0992. The summed E-state index contributed by atoms with van der Waals surface area (Å²) in [6.07, 6.45) is 4.07. The molecule has 3 atom stereocenters. The number of rotatable bonds is 7. The van der Waals surface area contributed by atoms with Crippen LogP contribution in [0.2, 0.25) is 0 Å². The Bertz CT molecular complexity index is 650. The van der Waals surface area contributed by atoms with Crippen LogP contribution in [0.5, 0.6) is 17.2 Å². The van der Waals surface area contributed by atoms with Gasteiger partial charge in [0, 0.05) is 12.1 Å². The molecule has 0 spiro atoms. The van der Waals surface area contributed by atoms with Crippen LogP contribution in [-0.4, -0.2) is 52.1 Å². The average Bonchev–Trinajstić information content (AvgIpc) is 3.28. The molecule has 26 heavy (non-hydrogen) atoms. The van der Waals surface area contributed by atoms with Gasteiger partial charge in [0.05, 0.1) is 46.1 Å². The molecule has 0 aromatic heterocycles. The number of guanidine groups is 1. The number of aliphatic imine (C=N–C) groups is 1. The molecule has 7 heteroatoms. The van der Waals surface area contributed by atoms with Crippen molar-refractivity contribution in [2.75, 3.05) is 27.9 Å². The molecule has 3 unspecified atom stereocenters. The van der Waals surface area contributed by atoms with Gasteiger partial charge in [-0.25, -0.2) is 4.99 Å². The van der Waals surface area contributed by atoms with E-state index in [0.29, 0.717) is 42.0 Å². The van der Waals surface area contributed by atoms with Crippen molar-refractivity contribution < 1.29 is 18.9 Å². The van der Waals surface area contributed by atoms with Crippen molar-refractivity contribution >= 4 is 5.96 Å². The smallest absolute Gasteiger partial charge is 0.203 e. The molecule has 7 nitrogen and oxygen atoms in total. The quantitative estimate of drug-likeness (QED) is 0.571. The molecular formula is C19H29N3O4. The highest BCUT2D eigenvalue weighted by atomic mass is 16.5. The van der Waals surface area contributed by atoms with E-state index in [1.807, 2.05) is 12.1 Å². The minimum atomic E-state index is 0.305. The number of methoxy groups -OCH3 is 3. The number of hydrogen-bond donors (Lipinski definition) is 2. The molecule has 2 bridgehead atoms. The lowest BCUT2D eigenvalue weighted by atomic mass is 9.96. The lowest BCUT2D eigenvalue weighted by Gasteiger charge is -2.22. The van der Waals surface area contributed by atoms with Crippen molar-refractivity contribution in [1.82, 2.24) is 10.6 Å². The molecule has 2 N–H and O–H groups in total. The number of benzene rings is 1. The Morgan fingerprint density at radius 2 is 1.96 bits per heavy atom. The Morgan fingerprint density at radius 1 is 1.15 bits per heavy atom. The Kier molecular flexibility index (Phi) is 6.08. The van der Waals surface area contributed by atoms with Crippen LogP contribution in [0.4, 0.5) is 0 Å². The maximum atomic E-state index is 5.92. The normalized spacial score (nSPS) is 24.5. The van der Waals surface area contributed by atoms with Gasteiger partial charge >= 0.3 is 0 Å². The lowest BCUT2D eigenvalue weighted by Crippen LogP contribution is -2.47. The molecule has 2 heterocycles. The van der Waals surface area contributed by atoms with Gasteiger partial charge in [0.1, 0.15) is 0 Å². The van der Waals surface area contributed by atoms with Gasteiger partial charge in [-0.05, 0) is 38.3 Å². The third-order valence-electron chi connectivity index (χ3n) is 4.97. The zero-order chi connectivity index (χ0) is 18.5. The van der Waals surface area contributed by atoms with E-state index in [-0.39, 0.29) is 0 Å². The van der Waals surface area contributed by atoms with Crippen LogP contribution in [0, 0.1) is 0 Å². The summed E-state index contributed by atoms with van der Waals surface area (Å²) >= 11 is 0. The fourth-order valence-electron chi connectivity index (χ4n) is 3.74. The third kappa shape index (κ3) is 3.82. The number of fused-ring (bicyclic) bond motifs is 2. The minimum Gasteiger partial charge on any atom is -0.493 e. The molecule has 1 aromatic rings. The second kappa shape index (κ2) is 8.49. The van der Waals surface area contributed by atoms with Crippen LogP contribution in [0.25, 0.3) is 0 Å². The van der Waals surface area contributed by atoms with Gasteiger partial charge in [0.15, 0.2) is 17.5 Å². The molecule has 0 radical (unpaired) electrons. The first-order valence-electron chi connectivity index (χ1n) is 9.18. The first-order chi connectivity index (χ1) is 12.7. The van der Waals surface area contributed by atoms with Crippen molar-refractivity contribution in [3.63, 3.8) is 0 Å². The van der Waals surface area contributed by atoms with Crippen LogP contribution in [0.1, 0.15) is 31.7 Å². The van der Waals surface area contributed by atoms with E-state index in [9.17, 15) is 0 Å². The zero-order valence-electron chi connectivity index (χ0n) is 16.0. The first kappa shape index (κ1) is 18.6. The van der Waals surface area contributed by atoms with E-state index in [1.165, 1.54) is 6.42 Å². The predicted octanol–water partition coefficient (Wildman–Crippen LogP) is 2.09. The summed E-state index contributed by atoms with van der Waals surface area (Å²) in [7, 11) is 4.84. The molecule has 2 saturated heterocycles. The molecule has 144 valence electrons. The second-order valence-corrected chi connectivity index (χ2v) is 6.55. The van der Waals surface area contributed by atoms with Gasteiger partial charge in [-0.3, -0.25) is 0 Å². The van der Waals surface area contributed by atoms with Crippen molar-refractivity contribution in [2.24, 2.45) is 4.99 Å². The van der Waals surface area contributed by atoms with E-state index < -0.39 is 0 Å². The van der Waals surface area contributed by atoms with Gasteiger partial charge in [0.2, 0.25) is 5.75 Å². The second-order valence-electron chi connectivity index (χ2n) is 6.55. The first-order valence-corrected chi connectivity index (χ1v) is 9.18. The van der Waals surface area contributed by atoms with Crippen LogP contribution in [0.15, 0.2) is 17.1 Å². The molecule has 3 rings (SSSR count). The average molecular weight is 363 g/mol. The maximum Gasteiger partial charge on any atom is 0.203 e. The van der Waals surface area contributed by atoms with Gasteiger partial charge < -0.3 is 29.6 Å². The van der Waals surface area contributed by atoms with E-state index in [1.54, 1.807) is 21.3 Å². The Labute approximate surface area is 155 Å². The number of hydrogen-bond acceptors (Lipinski definition) is 5. The molecule has 0 aliphatic carbocycles. The van der Waals surface area contributed by atoms with Crippen LogP contribution in [0.3, 0.4) is 0 Å². The minimum absolute atomic E-state index is 0.305. The van der Waals surface area contributed by atoms with Gasteiger partial charge in [-0.15, -0.1) is 0 Å². The van der Waals surface area contributed by atoms with E-state index >= 15 is 0 Å². The molecule has 0 saturated carbocycles. The topological polar surface area (TPSA) is 73.3 Å². The molecule has 0 amide bonds. The summed E-state index contributed by atoms with van der Waals surface area (Å²) in [5.74, 6) is 2.67. The van der Waals surface area contributed by atoms with Crippen LogP contribution >= 0.6 is 0 Å². The molecule has 1 aromatic carbocycles. The van der Waals surface area contributed by atoms with Crippen molar-refractivity contribution in [1.29, 1.82) is 0 Å². The SMILES string of the molecule is CCNC(=NCc1ccc(OC)c(OC)c1OC)NC1CC2CCC1O2. The molecule has 2 aliphatic heterocycles. The van der Waals surface area contributed by atoms with Crippen LogP contribution in [-0.2, 0) is 11.3 Å². The highest BCUT2D eigenvalue weighted by molar-refractivity contribution is 5.80. The summed E-state index contributed by atoms with van der Waals surface area (Å²) in [6, 6.07) is 4.16. The van der Waals surface area contributed by atoms with Crippen LogP contribution < -0.4 is 24.8 Å². The van der Waals surface area contributed by atoms with Crippen molar-refractivity contribution in [3.05, 3.63) is 17.7 Å².